The van der Waals surface area contributed by atoms with Gasteiger partial charge in [0.1, 0.15) is 34.3 Å². The summed E-state index contributed by atoms with van der Waals surface area (Å²) in [5, 5.41) is 20.1. The molecule has 0 radical (unpaired) electrons. The summed E-state index contributed by atoms with van der Waals surface area (Å²) in [6.45, 7) is 4.75. The lowest BCUT2D eigenvalue weighted by molar-refractivity contribution is -0.386. The van der Waals surface area contributed by atoms with Crippen molar-refractivity contribution in [1.29, 1.82) is 0 Å². The van der Waals surface area contributed by atoms with Gasteiger partial charge in [-0.3, -0.25) is 19.6 Å². The van der Waals surface area contributed by atoms with Crippen LogP contribution in [0.15, 0.2) is 40.8 Å². The number of furan rings is 1. The van der Waals surface area contributed by atoms with Gasteiger partial charge in [0.15, 0.2) is 0 Å². The number of aryl methyl sites for hydroxylation is 1. The van der Waals surface area contributed by atoms with E-state index >= 15 is 0 Å². The topological polar surface area (TPSA) is 112 Å². The molecule has 0 saturated heterocycles. The number of ether oxygens (including phenoxy) is 1. The Morgan fingerprint density at radius 1 is 1.23 bits per heavy atom. The molecule has 0 unspecified atom stereocenters. The zero-order valence-corrected chi connectivity index (χ0v) is 16.9. The van der Waals surface area contributed by atoms with Crippen molar-refractivity contribution in [3.8, 4) is 5.75 Å². The number of benzene rings is 2. The second-order valence-electron chi connectivity index (χ2n) is 7.03. The Morgan fingerprint density at radius 3 is 2.63 bits per heavy atom. The Kier molecular flexibility index (Phi) is 4.65. The summed E-state index contributed by atoms with van der Waals surface area (Å²) in [5.41, 5.74) is 2.29. The molecule has 4 aromatic rings. The zero-order valence-electron chi connectivity index (χ0n) is 16.9. The third-order valence-electron chi connectivity index (χ3n) is 5.17. The molecule has 0 aliphatic carbocycles. The normalized spacial score (nSPS) is 12.3. The lowest BCUT2D eigenvalue weighted by Crippen LogP contribution is -2.25. The number of fused-ring (bicyclic) bond motifs is 3. The predicted molar refractivity (Wildman–Crippen MR) is 112 cm³/mol. The molecule has 9 nitrogen and oxygen atoms in total. The zero-order chi connectivity index (χ0) is 21.6. The molecule has 4 rings (SSSR count). The van der Waals surface area contributed by atoms with E-state index in [9.17, 15) is 14.9 Å². The molecular formula is C21H20N4O5. The van der Waals surface area contributed by atoms with Crippen LogP contribution in [0.2, 0.25) is 0 Å². The van der Waals surface area contributed by atoms with E-state index in [1.54, 1.807) is 26.8 Å². The Labute approximate surface area is 171 Å². The van der Waals surface area contributed by atoms with Crippen LogP contribution in [0.4, 0.5) is 11.4 Å². The highest BCUT2D eigenvalue weighted by Crippen LogP contribution is 2.36. The van der Waals surface area contributed by atoms with Crippen molar-refractivity contribution >= 4 is 39.2 Å². The number of carbonyl (C=O) groups is 1. The number of anilines is 1. The molecule has 2 heterocycles. The van der Waals surface area contributed by atoms with E-state index in [1.807, 2.05) is 30.3 Å². The van der Waals surface area contributed by atoms with Gasteiger partial charge in [0.25, 0.3) is 0 Å². The number of hydrogen-bond donors (Lipinski definition) is 1. The standard InChI is InChI=1S/C21H20N4O5/c1-11-20(25(27)28)12(2)24(23-11)13(3)21(26)22-16-10-18-15(9-19(16)29-4)14-7-5-6-8-17(14)30-18/h5-10,13H,1-4H3,(H,22,26)/t13-/m0/s1. The summed E-state index contributed by atoms with van der Waals surface area (Å²) in [6, 6.07) is 10.4. The van der Waals surface area contributed by atoms with Gasteiger partial charge in [0, 0.05) is 16.8 Å². The summed E-state index contributed by atoms with van der Waals surface area (Å²) in [6.07, 6.45) is 0. The number of aromatic nitrogens is 2. The van der Waals surface area contributed by atoms with E-state index in [2.05, 4.69) is 10.4 Å². The smallest absolute Gasteiger partial charge is 0.312 e. The van der Waals surface area contributed by atoms with Crippen molar-refractivity contribution in [2.45, 2.75) is 26.8 Å². The molecule has 154 valence electrons. The third kappa shape index (κ3) is 3.04. The number of nitrogens with zero attached hydrogens (tertiary/aromatic N) is 3. The first-order valence-corrected chi connectivity index (χ1v) is 9.32. The quantitative estimate of drug-likeness (QED) is 0.384. The highest BCUT2D eigenvalue weighted by atomic mass is 16.6. The first kappa shape index (κ1) is 19.4. The van der Waals surface area contributed by atoms with Crippen LogP contribution in [0.25, 0.3) is 21.9 Å². The van der Waals surface area contributed by atoms with Gasteiger partial charge in [-0.15, -0.1) is 0 Å². The maximum Gasteiger partial charge on any atom is 0.312 e. The molecule has 30 heavy (non-hydrogen) atoms. The van der Waals surface area contributed by atoms with Gasteiger partial charge in [0.05, 0.1) is 17.7 Å². The van der Waals surface area contributed by atoms with Crippen LogP contribution in [0.3, 0.4) is 0 Å². The second-order valence-corrected chi connectivity index (χ2v) is 7.03. The fourth-order valence-electron chi connectivity index (χ4n) is 3.66. The van der Waals surface area contributed by atoms with Crippen molar-refractivity contribution in [2.75, 3.05) is 12.4 Å². The van der Waals surface area contributed by atoms with E-state index in [4.69, 9.17) is 9.15 Å². The Morgan fingerprint density at radius 2 is 1.97 bits per heavy atom. The van der Waals surface area contributed by atoms with Gasteiger partial charge in [-0.2, -0.15) is 5.10 Å². The van der Waals surface area contributed by atoms with E-state index in [0.717, 1.165) is 16.4 Å². The molecule has 9 heteroatoms. The molecule has 0 spiro atoms. The largest absolute Gasteiger partial charge is 0.495 e. The van der Waals surface area contributed by atoms with Crippen LogP contribution < -0.4 is 10.1 Å². The highest BCUT2D eigenvalue weighted by Gasteiger charge is 2.27. The van der Waals surface area contributed by atoms with Crippen molar-refractivity contribution in [1.82, 2.24) is 9.78 Å². The summed E-state index contributed by atoms with van der Waals surface area (Å²) in [5.74, 6) is 0.0956. The monoisotopic (exact) mass is 408 g/mol. The van der Waals surface area contributed by atoms with Crippen LogP contribution in [-0.2, 0) is 4.79 Å². The van der Waals surface area contributed by atoms with E-state index in [1.165, 1.54) is 11.8 Å². The number of para-hydroxylation sites is 1. The fraction of sp³-hybridized carbons (Fsp3) is 0.238. The molecule has 1 atom stereocenters. The van der Waals surface area contributed by atoms with E-state index in [0.29, 0.717) is 22.7 Å². The average molecular weight is 408 g/mol. The van der Waals surface area contributed by atoms with Gasteiger partial charge in [-0.25, -0.2) is 0 Å². The minimum Gasteiger partial charge on any atom is -0.495 e. The van der Waals surface area contributed by atoms with Gasteiger partial charge >= 0.3 is 5.69 Å². The number of carbonyl (C=O) groups excluding carboxylic acids is 1. The van der Waals surface area contributed by atoms with Crippen molar-refractivity contribution in [3.05, 3.63) is 57.9 Å². The maximum absolute atomic E-state index is 12.9. The SMILES string of the molecule is COc1cc2c(cc1NC(=O)[C@H](C)n1nc(C)c([N+](=O)[O-])c1C)oc1ccccc12. The second kappa shape index (κ2) is 7.18. The summed E-state index contributed by atoms with van der Waals surface area (Å²) in [7, 11) is 1.52. The maximum atomic E-state index is 12.9. The van der Waals surface area contributed by atoms with Crippen LogP contribution >= 0.6 is 0 Å². The molecule has 0 aliphatic rings. The molecule has 1 N–H and O–H groups in total. The number of nitrogens with one attached hydrogen (secondary N) is 1. The average Bonchev–Trinajstić information content (AvgIpc) is 3.22. The Hall–Kier alpha value is -3.88. The number of nitro groups is 1. The van der Waals surface area contributed by atoms with Crippen molar-refractivity contribution < 1.29 is 18.9 Å². The molecule has 0 aliphatic heterocycles. The molecule has 1 amide bonds. The van der Waals surface area contributed by atoms with Gasteiger partial charge in [-0.05, 0) is 32.9 Å². The summed E-state index contributed by atoms with van der Waals surface area (Å²) in [4.78, 5) is 23.7. The van der Waals surface area contributed by atoms with Crippen LogP contribution in [0.5, 0.6) is 5.75 Å². The fourth-order valence-corrected chi connectivity index (χ4v) is 3.66. The molecule has 0 fully saturated rings. The van der Waals surface area contributed by atoms with Crippen LogP contribution in [0.1, 0.15) is 24.4 Å². The lowest BCUT2D eigenvalue weighted by atomic mass is 10.1. The molecule has 2 aromatic heterocycles. The highest BCUT2D eigenvalue weighted by molar-refractivity contribution is 6.08. The van der Waals surface area contributed by atoms with Gasteiger partial charge in [-0.1, -0.05) is 18.2 Å². The first-order chi connectivity index (χ1) is 14.3. The van der Waals surface area contributed by atoms with Crippen LogP contribution in [0, 0.1) is 24.0 Å². The van der Waals surface area contributed by atoms with Gasteiger partial charge in [0.2, 0.25) is 5.91 Å². The Bertz CT molecular complexity index is 1300. The molecule has 0 saturated carbocycles. The molecule has 2 aromatic carbocycles. The number of amides is 1. The minimum absolute atomic E-state index is 0.0871. The van der Waals surface area contributed by atoms with E-state index < -0.39 is 11.0 Å². The summed E-state index contributed by atoms with van der Waals surface area (Å²) < 4.78 is 12.7. The van der Waals surface area contributed by atoms with Crippen molar-refractivity contribution in [2.24, 2.45) is 0 Å². The van der Waals surface area contributed by atoms with Gasteiger partial charge < -0.3 is 14.5 Å². The van der Waals surface area contributed by atoms with Crippen molar-refractivity contribution in [3.63, 3.8) is 0 Å². The molecule has 0 bridgehead atoms. The minimum atomic E-state index is -0.770. The first-order valence-electron chi connectivity index (χ1n) is 9.32. The lowest BCUT2D eigenvalue weighted by Gasteiger charge is -2.16. The predicted octanol–water partition coefficient (Wildman–Crippen LogP) is 4.52. The summed E-state index contributed by atoms with van der Waals surface area (Å²) >= 11 is 0. The van der Waals surface area contributed by atoms with Crippen LogP contribution in [-0.4, -0.2) is 27.7 Å². The number of rotatable bonds is 5. The molecular weight excluding hydrogens is 388 g/mol. The Balaban J connectivity index is 1.69. The number of methoxy groups -OCH3 is 1. The number of hydrogen-bond acceptors (Lipinski definition) is 6. The van der Waals surface area contributed by atoms with E-state index in [-0.39, 0.29) is 17.3 Å². The third-order valence-corrected chi connectivity index (χ3v) is 5.17.